The zero-order valence-electron chi connectivity index (χ0n) is 12.5. The Morgan fingerprint density at radius 2 is 1.82 bits per heavy atom. The van der Waals surface area contributed by atoms with Crippen molar-refractivity contribution >= 4 is 0 Å². The van der Waals surface area contributed by atoms with Crippen LogP contribution in [0, 0.1) is 17.8 Å². The fraction of sp³-hybridized carbons (Fsp3) is 1.00. The Morgan fingerprint density at radius 1 is 1.18 bits per heavy atom. The lowest BCUT2D eigenvalue weighted by atomic mass is 9.73. The maximum absolute atomic E-state index is 3.54. The molecule has 3 unspecified atom stereocenters. The van der Waals surface area contributed by atoms with E-state index in [2.05, 4.69) is 45.0 Å². The Hall–Kier alpha value is -0.0800. The highest BCUT2D eigenvalue weighted by atomic mass is 15.1. The number of nitrogens with one attached hydrogen (secondary N) is 1. The van der Waals surface area contributed by atoms with E-state index in [1.807, 2.05) is 0 Å². The molecule has 2 nitrogen and oxygen atoms in total. The van der Waals surface area contributed by atoms with Gasteiger partial charge < -0.3 is 10.2 Å². The molecule has 0 bridgehead atoms. The average Bonchev–Trinajstić information content (AvgIpc) is 2.35. The molecule has 102 valence electrons. The van der Waals surface area contributed by atoms with Crippen LogP contribution >= 0.6 is 0 Å². The molecule has 1 aliphatic carbocycles. The molecule has 0 heterocycles. The highest BCUT2D eigenvalue weighted by molar-refractivity contribution is 4.86. The van der Waals surface area contributed by atoms with Crippen molar-refractivity contribution in [3.63, 3.8) is 0 Å². The minimum absolute atomic E-state index is 0.741. The topological polar surface area (TPSA) is 15.3 Å². The first-order chi connectivity index (χ1) is 8.12. The van der Waals surface area contributed by atoms with Crippen molar-refractivity contribution in [2.24, 2.45) is 17.8 Å². The molecule has 0 aliphatic heterocycles. The van der Waals surface area contributed by atoms with E-state index in [1.165, 1.54) is 38.9 Å². The number of nitrogens with zero attached hydrogens (tertiary/aromatic N) is 1. The third-order valence-electron chi connectivity index (χ3n) is 4.72. The van der Waals surface area contributed by atoms with Gasteiger partial charge in [-0.15, -0.1) is 0 Å². The summed E-state index contributed by atoms with van der Waals surface area (Å²) in [5.41, 5.74) is 0. The molecule has 17 heavy (non-hydrogen) atoms. The second-order valence-electron chi connectivity index (χ2n) is 5.96. The van der Waals surface area contributed by atoms with Gasteiger partial charge in [-0.25, -0.2) is 0 Å². The van der Waals surface area contributed by atoms with Crippen LogP contribution in [0.5, 0.6) is 0 Å². The summed E-state index contributed by atoms with van der Waals surface area (Å²) in [6.07, 6.45) is 4.20. The molecular weight excluding hydrogens is 208 g/mol. The molecule has 1 N–H and O–H groups in total. The molecule has 1 aliphatic rings. The van der Waals surface area contributed by atoms with Crippen LogP contribution in [0.2, 0.25) is 0 Å². The van der Waals surface area contributed by atoms with E-state index < -0.39 is 0 Å². The van der Waals surface area contributed by atoms with Gasteiger partial charge in [-0.3, -0.25) is 0 Å². The Bertz CT molecular complexity index is 197. The van der Waals surface area contributed by atoms with Crippen molar-refractivity contribution < 1.29 is 0 Å². The maximum Gasteiger partial charge on any atom is 0.0105 e. The van der Waals surface area contributed by atoms with Crippen LogP contribution in [0.3, 0.4) is 0 Å². The molecule has 0 aromatic carbocycles. The predicted molar refractivity (Wildman–Crippen MR) is 76.3 cm³/mol. The van der Waals surface area contributed by atoms with Crippen molar-refractivity contribution in [1.29, 1.82) is 0 Å². The molecule has 0 amide bonds. The average molecular weight is 240 g/mol. The third kappa shape index (κ3) is 4.26. The van der Waals surface area contributed by atoms with Gasteiger partial charge in [0.05, 0.1) is 0 Å². The number of rotatable bonds is 6. The Morgan fingerprint density at radius 3 is 2.29 bits per heavy atom. The zero-order valence-corrected chi connectivity index (χ0v) is 12.5. The van der Waals surface area contributed by atoms with E-state index in [-0.39, 0.29) is 0 Å². The Kier molecular flexibility index (Phi) is 6.50. The largest absolute Gasteiger partial charge is 0.317 e. The second kappa shape index (κ2) is 7.38. The SMILES string of the molecule is CCN(CC)CC1CC(C(C)C)CCC1NC. The molecule has 0 radical (unpaired) electrons. The molecule has 1 rings (SSSR count). The first-order valence-corrected chi connectivity index (χ1v) is 7.51. The zero-order chi connectivity index (χ0) is 12.8. The monoisotopic (exact) mass is 240 g/mol. The van der Waals surface area contributed by atoms with Crippen molar-refractivity contribution in [3.05, 3.63) is 0 Å². The van der Waals surface area contributed by atoms with Crippen molar-refractivity contribution in [2.45, 2.75) is 53.0 Å². The highest BCUT2D eigenvalue weighted by Crippen LogP contribution is 2.34. The van der Waals surface area contributed by atoms with Gasteiger partial charge in [0.2, 0.25) is 0 Å². The summed E-state index contributed by atoms with van der Waals surface area (Å²) >= 11 is 0. The van der Waals surface area contributed by atoms with Gasteiger partial charge in [-0.2, -0.15) is 0 Å². The highest BCUT2D eigenvalue weighted by Gasteiger charge is 2.31. The fourth-order valence-electron chi connectivity index (χ4n) is 3.30. The van der Waals surface area contributed by atoms with Crippen molar-refractivity contribution in [3.8, 4) is 0 Å². The smallest absolute Gasteiger partial charge is 0.0105 e. The lowest BCUT2D eigenvalue weighted by Gasteiger charge is -2.40. The maximum atomic E-state index is 3.54. The Balaban J connectivity index is 2.56. The lowest BCUT2D eigenvalue weighted by Crippen LogP contribution is -2.45. The van der Waals surface area contributed by atoms with Crippen LogP contribution in [0.25, 0.3) is 0 Å². The summed E-state index contributed by atoms with van der Waals surface area (Å²) in [7, 11) is 2.13. The molecule has 0 aromatic heterocycles. The fourth-order valence-corrected chi connectivity index (χ4v) is 3.30. The summed E-state index contributed by atoms with van der Waals surface area (Å²) in [5.74, 6) is 2.65. The summed E-state index contributed by atoms with van der Waals surface area (Å²) < 4.78 is 0. The van der Waals surface area contributed by atoms with Crippen LogP contribution in [0.1, 0.15) is 47.0 Å². The van der Waals surface area contributed by atoms with Gasteiger partial charge in [-0.1, -0.05) is 27.7 Å². The van der Waals surface area contributed by atoms with Gasteiger partial charge in [0.1, 0.15) is 0 Å². The van der Waals surface area contributed by atoms with Crippen molar-refractivity contribution in [2.75, 3.05) is 26.7 Å². The van der Waals surface area contributed by atoms with Crippen LogP contribution in [0.15, 0.2) is 0 Å². The molecule has 3 atom stereocenters. The molecule has 2 heteroatoms. The van der Waals surface area contributed by atoms with E-state index in [1.54, 1.807) is 0 Å². The summed E-state index contributed by atoms with van der Waals surface area (Å²) in [4.78, 5) is 2.58. The third-order valence-corrected chi connectivity index (χ3v) is 4.72. The normalized spacial score (nSPS) is 30.2. The minimum Gasteiger partial charge on any atom is -0.317 e. The van der Waals surface area contributed by atoms with Gasteiger partial charge >= 0.3 is 0 Å². The summed E-state index contributed by atoms with van der Waals surface area (Å²) in [6.45, 7) is 13.0. The Labute approximate surface area is 108 Å². The van der Waals surface area contributed by atoms with E-state index in [0.717, 1.165) is 23.8 Å². The summed E-state index contributed by atoms with van der Waals surface area (Å²) in [5, 5.41) is 3.54. The molecule has 0 aromatic rings. The standard InChI is InChI=1S/C15H32N2/c1-6-17(7-2)11-14-10-13(12(3)4)8-9-15(14)16-5/h12-16H,6-11H2,1-5H3. The molecule has 1 fully saturated rings. The first kappa shape index (κ1) is 15.0. The minimum atomic E-state index is 0.741. The first-order valence-electron chi connectivity index (χ1n) is 7.51. The van der Waals surface area contributed by atoms with Crippen LogP contribution in [-0.2, 0) is 0 Å². The van der Waals surface area contributed by atoms with Crippen LogP contribution in [0.4, 0.5) is 0 Å². The van der Waals surface area contributed by atoms with E-state index >= 15 is 0 Å². The lowest BCUT2D eigenvalue weighted by molar-refractivity contribution is 0.130. The second-order valence-corrected chi connectivity index (χ2v) is 5.96. The van der Waals surface area contributed by atoms with Gasteiger partial charge in [0.25, 0.3) is 0 Å². The van der Waals surface area contributed by atoms with E-state index in [9.17, 15) is 0 Å². The van der Waals surface area contributed by atoms with Gasteiger partial charge in [-0.05, 0) is 57.2 Å². The van der Waals surface area contributed by atoms with E-state index in [4.69, 9.17) is 0 Å². The number of hydrogen-bond acceptors (Lipinski definition) is 2. The van der Waals surface area contributed by atoms with Crippen LogP contribution < -0.4 is 5.32 Å². The quantitative estimate of drug-likeness (QED) is 0.768. The number of hydrogen-bond donors (Lipinski definition) is 1. The van der Waals surface area contributed by atoms with Crippen molar-refractivity contribution in [1.82, 2.24) is 10.2 Å². The molecule has 0 spiro atoms. The van der Waals surface area contributed by atoms with Crippen LogP contribution in [-0.4, -0.2) is 37.6 Å². The summed E-state index contributed by atoms with van der Waals surface area (Å²) in [6, 6.07) is 0.741. The van der Waals surface area contributed by atoms with Gasteiger partial charge in [0.15, 0.2) is 0 Å². The molecule has 0 saturated heterocycles. The van der Waals surface area contributed by atoms with E-state index in [0.29, 0.717) is 0 Å². The molecular formula is C15H32N2. The predicted octanol–water partition coefficient (Wildman–Crippen LogP) is 2.99. The van der Waals surface area contributed by atoms with Gasteiger partial charge in [0, 0.05) is 12.6 Å². The molecule has 1 saturated carbocycles.